The third-order valence-electron chi connectivity index (χ3n) is 5.29. The van der Waals surface area contributed by atoms with Crippen molar-refractivity contribution in [2.75, 3.05) is 26.2 Å². The Kier molecular flexibility index (Phi) is 5.96. The Morgan fingerprint density at radius 3 is 2.22 bits per heavy atom. The van der Waals surface area contributed by atoms with E-state index in [-0.39, 0.29) is 0 Å². The van der Waals surface area contributed by atoms with Crippen molar-refractivity contribution in [1.29, 1.82) is 0 Å². The van der Waals surface area contributed by atoms with Gasteiger partial charge in [0, 0.05) is 25.7 Å². The van der Waals surface area contributed by atoms with Crippen LogP contribution >= 0.6 is 0 Å². The molecule has 0 bridgehead atoms. The fourth-order valence-corrected chi connectivity index (χ4v) is 3.75. The van der Waals surface area contributed by atoms with Crippen LogP contribution in [-0.4, -0.2) is 48.1 Å². The number of hydrogen-bond donors (Lipinski definition) is 0. The standard InChI is InChI=1S/C20H32N2O/c1-17(2)22-14-10-20(11-15-22)23-19-8-6-18(7-9-19)16-21-12-4-3-5-13-21/h6-9,17,20H,3-5,10-16H2,1-2H3. The lowest BCUT2D eigenvalue weighted by Gasteiger charge is -2.34. The molecule has 0 aliphatic carbocycles. The van der Waals surface area contributed by atoms with E-state index in [2.05, 4.69) is 47.9 Å². The molecular weight excluding hydrogens is 284 g/mol. The second kappa shape index (κ2) is 8.16. The maximum atomic E-state index is 6.19. The molecule has 2 aliphatic heterocycles. The predicted octanol–water partition coefficient (Wildman–Crippen LogP) is 3.92. The largest absolute Gasteiger partial charge is 0.490 e. The zero-order valence-electron chi connectivity index (χ0n) is 14.8. The van der Waals surface area contributed by atoms with Crippen molar-refractivity contribution in [3.05, 3.63) is 29.8 Å². The van der Waals surface area contributed by atoms with Crippen LogP contribution in [0, 0.1) is 0 Å². The van der Waals surface area contributed by atoms with Gasteiger partial charge in [-0.3, -0.25) is 4.90 Å². The Bertz CT molecular complexity index is 457. The topological polar surface area (TPSA) is 15.7 Å². The number of ether oxygens (including phenoxy) is 1. The molecule has 0 radical (unpaired) electrons. The molecule has 3 rings (SSSR count). The number of nitrogens with zero attached hydrogens (tertiary/aromatic N) is 2. The highest BCUT2D eigenvalue weighted by molar-refractivity contribution is 5.27. The van der Waals surface area contributed by atoms with Gasteiger partial charge in [-0.1, -0.05) is 18.6 Å². The van der Waals surface area contributed by atoms with Crippen LogP contribution in [0.1, 0.15) is 51.5 Å². The Morgan fingerprint density at radius 2 is 1.61 bits per heavy atom. The van der Waals surface area contributed by atoms with Crippen LogP contribution in [0.15, 0.2) is 24.3 Å². The van der Waals surface area contributed by atoms with Gasteiger partial charge >= 0.3 is 0 Å². The summed E-state index contributed by atoms with van der Waals surface area (Å²) in [5.41, 5.74) is 1.41. The average molecular weight is 316 g/mol. The summed E-state index contributed by atoms with van der Waals surface area (Å²) in [6, 6.07) is 9.47. The third kappa shape index (κ3) is 4.95. The lowest BCUT2D eigenvalue weighted by molar-refractivity contribution is 0.0843. The number of hydrogen-bond acceptors (Lipinski definition) is 3. The van der Waals surface area contributed by atoms with Gasteiger partial charge in [0.1, 0.15) is 11.9 Å². The van der Waals surface area contributed by atoms with E-state index in [0.29, 0.717) is 12.1 Å². The van der Waals surface area contributed by atoms with Crippen LogP contribution in [-0.2, 0) is 6.54 Å². The highest BCUT2D eigenvalue weighted by atomic mass is 16.5. The van der Waals surface area contributed by atoms with Crippen molar-refractivity contribution in [3.8, 4) is 5.75 Å². The van der Waals surface area contributed by atoms with Gasteiger partial charge in [-0.15, -0.1) is 0 Å². The van der Waals surface area contributed by atoms with E-state index in [1.54, 1.807) is 0 Å². The Labute approximate surface area is 141 Å². The third-order valence-corrected chi connectivity index (χ3v) is 5.29. The lowest BCUT2D eigenvalue weighted by Crippen LogP contribution is -2.41. The molecule has 0 saturated carbocycles. The molecule has 0 unspecified atom stereocenters. The van der Waals surface area contributed by atoms with Gasteiger partial charge in [-0.2, -0.15) is 0 Å². The van der Waals surface area contributed by atoms with Gasteiger partial charge in [-0.25, -0.2) is 0 Å². The Balaban J connectivity index is 1.46. The molecule has 2 saturated heterocycles. The Morgan fingerprint density at radius 1 is 0.957 bits per heavy atom. The second-order valence-corrected chi connectivity index (χ2v) is 7.43. The first-order valence-electron chi connectivity index (χ1n) is 9.43. The van der Waals surface area contributed by atoms with E-state index in [1.165, 1.54) is 37.9 Å². The molecular formula is C20H32N2O. The molecule has 0 aromatic heterocycles. The van der Waals surface area contributed by atoms with Crippen molar-refractivity contribution >= 4 is 0 Å². The molecule has 1 aromatic carbocycles. The van der Waals surface area contributed by atoms with E-state index in [4.69, 9.17) is 4.74 Å². The monoisotopic (exact) mass is 316 g/mol. The van der Waals surface area contributed by atoms with Crippen molar-refractivity contribution in [1.82, 2.24) is 9.80 Å². The summed E-state index contributed by atoms with van der Waals surface area (Å²) in [4.78, 5) is 5.11. The molecule has 3 nitrogen and oxygen atoms in total. The summed E-state index contributed by atoms with van der Waals surface area (Å²) in [7, 11) is 0. The first-order chi connectivity index (χ1) is 11.2. The normalized spacial score (nSPS) is 21.7. The van der Waals surface area contributed by atoms with Crippen molar-refractivity contribution in [2.45, 2.75) is 64.6 Å². The summed E-state index contributed by atoms with van der Waals surface area (Å²) in [5.74, 6) is 1.04. The van der Waals surface area contributed by atoms with E-state index in [9.17, 15) is 0 Å². The molecule has 3 heteroatoms. The molecule has 23 heavy (non-hydrogen) atoms. The van der Waals surface area contributed by atoms with Crippen LogP contribution in [0.2, 0.25) is 0 Å². The summed E-state index contributed by atoms with van der Waals surface area (Å²) in [5, 5.41) is 0. The molecule has 0 atom stereocenters. The summed E-state index contributed by atoms with van der Waals surface area (Å²) < 4.78 is 6.19. The van der Waals surface area contributed by atoms with Crippen LogP contribution in [0.4, 0.5) is 0 Å². The van der Waals surface area contributed by atoms with Crippen LogP contribution in [0.5, 0.6) is 5.75 Å². The summed E-state index contributed by atoms with van der Waals surface area (Å²) >= 11 is 0. The first kappa shape index (κ1) is 16.8. The molecule has 1 aromatic rings. The SMILES string of the molecule is CC(C)N1CCC(Oc2ccc(CN3CCCCC3)cc2)CC1. The van der Waals surface area contributed by atoms with Gasteiger partial charge in [0.2, 0.25) is 0 Å². The zero-order valence-corrected chi connectivity index (χ0v) is 14.8. The van der Waals surface area contributed by atoms with Gasteiger partial charge < -0.3 is 9.64 Å². The summed E-state index contributed by atoms with van der Waals surface area (Å²) in [6.07, 6.45) is 6.80. The number of rotatable bonds is 5. The molecule has 0 spiro atoms. The maximum Gasteiger partial charge on any atom is 0.119 e. The average Bonchev–Trinajstić information content (AvgIpc) is 2.58. The minimum atomic E-state index is 0.387. The van der Waals surface area contributed by atoms with Crippen LogP contribution in [0.3, 0.4) is 0 Å². The molecule has 128 valence electrons. The van der Waals surface area contributed by atoms with Crippen LogP contribution in [0.25, 0.3) is 0 Å². The minimum Gasteiger partial charge on any atom is -0.490 e. The van der Waals surface area contributed by atoms with Crippen molar-refractivity contribution < 1.29 is 4.74 Å². The van der Waals surface area contributed by atoms with Gasteiger partial charge in [0.15, 0.2) is 0 Å². The zero-order chi connectivity index (χ0) is 16.1. The van der Waals surface area contributed by atoms with Crippen LogP contribution < -0.4 is 4.74 Å². The van der Waals surface area contributed by atoms with E-state index in [0.717, 1.165) is 38.2 Å². The highest BCUT2D eigenvalue weighted by Crippen LogP contribution is 2.21. The predicted molar refractivity (Wildman–Crippen MR) is 95.9 cm³/mol. The molecule has 2 fully saturated rings. The molecule has 0 N–H and O–H groups in total. The quantitative estimate of drug-likeness (QED) is 0.819. The highest BCUT2D eigenvalue weighted by Gasteiger charge is 2.21. The van der Waals surface area contributed by atoms with Gasteiger partial charge in [-0.05, 0) is 70.3 Å². The minimum absolute atomic E-state index is 0.387. The molecule has 0 amide bonds. The maximum absolute atomic E-state index is 6.19. The van der Waals surface area contributed by atoms with E-state index < -0.39 is 0 Å². The Hall–Kier alpha value is -1.06. The lowest BCUT2D eigenvalue weighted by atomic mass is 10.1. The molecule has 2 aliphatic rings. The molecule has 2 heterocycles. The number of piperidine rings is 2. The number of likely N-dealkylation sites (tertiary alicyclic amines) is 2. The fourth-order valence-electron chi connectivity index (χ4n) is 3.75. The van der Waals surface area contributed by atoms with Gasteiger partial charge in [0.25, 0.3) is 0 Å². The second-order valence-electron chi connectivity index (χ2n) is 7.43. The number of benzene rings is 1. The summed E-state index contributed by atoms with van der Waals surface area (Å²) in [6.45, 7) is 10.5. The first-order valence-corrected chi connectivity index (χ1v) is 9.43. The van der Waals surface area contributed by atoms with E-state index in [1.807, 2.05) is 0 Å². The van der Waals surface area contributed by atoms with E-state index >= 15 is 0 Å². The fraction of sp³-hybridized carbons (Fsp3) is 0.700. The smallest absolute Gasteiger partial charge is 0.119 e. The van der Waals surface area contributed by atoms with Crippen molar-refractivity contribution in [2.24, 2.45) is 0 Å². The van der Waals surface area contributed by atoms with Gasteiger partial charge in [0.05, 0.1) is 0 Å². The van der Waals surface area contributed by atoms with Crippen molar-refractivity contribution in [3.63, 3.8) is 0 Å².